The Bertz CT molecular complexity index is 799. The number of nitrogens with one attached hydrogen (secondary N) is 2. The average molecular weight is 485 g/mol. The lowest BCUT2D eigenvalue weighted by atomic mass is 10.2. The molecule has 9 heteroatoms. The Balaban J connectivity index is 0.000000448. The summed E-state index contributed by atoms with van der Waals surface area (Å²) in [5.41, 5.74) is 3.27. The topological polar surface area (TPSA) is 106 Å². The van der Waals surface area contributed by atoms with Crippen molar-refractivity contribution in [3.8, 4) is 0 Å². The van der Waals surface area contributed by atoms with E-state index in [4.69, 9.17) is 10.6 Å². The van der Waals surface area contributed by atoms with Crippen molar-refractivity contribution in [2.45, 2.75) is 53.2 Å². The number of rotatable bonds is 2. The monoisotopic (exact) mass is 484 g/mol. The van der Waals surface area contributed by atoms with E-state index in [2.05, 4.69) is 45.3 Å². The molecule has 4 N–H and O–H groups in total. The number of halogens is 2. The van der Waals surface area contributed by atoms with Gasteiger partial charge >= 0.3 is 6.09 Å². The Morgan fingerprint density at radius 2 is 1.77 bits per heavy atom. The molecule has 0 saturated carbocycles. The number of nitrogens with zero attached hydrogens (tertiary/aromatic N) is 1. The van der Waals surface area contributed by atoms with Gasteiger partial charge in [0.25, 0.3) is 5.91 Å². The summed E-state index contributed by atoms with van der Waals surface area (Å²) in [5, 5.41) is 2.33. The second-order valence-corrected chi connectivity index (χ2v) is 8.10. The van der Waals surface area contributed by atoms with Crippen LogP contribution in [-0.4, -0.2) is 28.6 Å². The van der Waals surface area contributed by atoms with E-state index in [0.717, 1.165) is 0 Å². The second kappa shape index (κ2) is 13.7. The molecule has 0 fully saturated rings. The van der Waals surface area contributed by atoms with Crippen molar-refractivity contribution in [1.29, 1.82) is 0 Å². The number of benzene rings is 1. The Morgan fingerprint density at radius 3 is 2.13 bits per heavy atom. The first-order valence-electron chi connectivity index (χ1n) is 9.15. The third kappa shape index (κ3) is 13.6. The van der Waals surface area contributed by atoms with Gasteiger partial charge in [0.05, 0.1) is 6.20 Å². The number of aryl methyl sites for hydroxylation is 2. The Morgan fingerprint density at radius 1 is 1.20 bits per heavy atom. The van der Waals surface area contributed by atoms with Gasteiger partial charge in [-0.2, -0.15) is 0 Å². The summed E-state index contributed by atoms with van der Waals surface area (Å²) in [6, 6.07) is 11.2. The summed E-state index contributed by atoms with van der Waals surface area (Å²) in [7, 11) is 0. The fraction of sp³-hybridized carbons (Fsp3) is 0.381. The van der Waals surface area contributed by atoms with Crippen LogP contribution in [0.25, 0.3) is 0 Å². The lowest BCUT2D eigenvalue weighted by Gasteiger charge is -2.21. The first kappa shape index (κ1) is 27.5. The number of pyridine rings is 1. The van der Waals surface area contributed by atoms with Gasteiger partial charge in [0.1, 0.15) is 22.1 Å². The van der Waals surface area contributed by atoms with Gasteiger partial charge in [-0.25, -0.2) is 20.0 Å². The highest BCUT2D eigenvalue weighted by Gasteiger charge is 2.20. The van der Waals surface area contributed by atoms with Gasteiger partial charge in [0, 0.05) is 0 Å². The van der Waals surface area contributed by atoms with Gasteiger partial charge in [-0.1, -0.05) is 35.9 Å². The van der Waals surface area contributed by atoms with Gasteiger partial charge in [0.2, 0.25) is 0 Å². The molecule has 1 atom stereocenters. The van der Waals surface area contributed by atoms with Gasteiger partial charge in [0.15, 0.2) is 0 Å². The number of carbonyl (C=O) groups is 2. The molecule has 166 valence electrons. The zero-order valence-corrected chi connectivity index (χ0v) is 19.7. The summed E-state index contributed by atoms with van der Waals surface area (Å²) < 4.78 is 18.0. The first-order valence-corrected chi connectivity index (χ1v) is 9.94. The van der Waals surface area contributed by atoms with Crippen LogP contribution in [0.3, 0.4) is 0 Å². The van der Waals surface area contributed by atoms with Gasteiger partial charge < -0.3 is 10.1 Å². The zero-order chi connectivity index (χ0) is 23.3. The highest BCUT2D eigenvalue weighted by molar-refractivity contribution is 9.10. The molecule has 1 aromatic carbocycles. The number of ether oxygens (including phenoxy) is 1. The summed E-state index contributed by atoms with van der Waals surface area (Å²) in [4.78, 5) is 25.7. The molecule has 1 heterocycles. The molecule has 1 aromatic heterocycles. The van der Waals surface area contributed by atoms with Crippen molar-refractivity contribution in [1.82, 2.24) is 15.7 Å². The number of hydrogen-bond donors (Lipinski definition) is 3. The third-order valence-electron chi connectivity index (χ3n) is 3.22. The van der Waals surface area contributed by atoms with Crippen molar-refractivity contribution >= 4 is 27.9 Å². The van der Waals surface area contributed by atoms with E-state index >= 15 is 0 Å². The maximum atomic E-state index is 12.4. The van der Waals surface area contributed by atoms with Crippen LogP contribution in [-0.2, 0) is 9.53 Å². The average Bonchev–Trinajstić information content (AvgIpc) is 2.64. The van der Waals surface area contributed by atoms with Crippen molar-refractivity contribution in [2.24, 2.45) is 5.84 Å². The molecule has 1 unspecified atom stereocenters. The summed E-state index contributed by atoms with van der Waals surface area (Å²) in [5.74, 6) is 4.14. The van der Waals surface area contributed by atoms with E-state index in [1.54, 1.807) is 33.8 Å². The van der Waals surface area contributed by atoms with Crippen molar-refractivity contribution in [2.75, 3.05) is 0 Å². The lowest BCUT2D eigenvalue weighted by molar-refractivity contribution is -0.122. The number of amides is 2. The van der Waals surface area contributed by atoms with E-state index < -0.39 is 23.6 Å². The normalized spacial score (nSPS) is 11.0. The highest BCUT2D eigenvalue weighted by atomic mass is 79.9. The van der Waals surface area contributed by atoms with E-state index in [1.165, 1.54) is 18.7 Å². The summed E-state index contributed by atoms with van der Waals surface area (Å²) >= 11 is 3.12. The number of hydrogen-bond acceptors (Lipinski definition) is 5. The minimum absolute atomic E-state index is 0.266. The van der Waals surface area contributed by atoms with Crippen LogP contribution in [0.4, 0.5) is 9.18 Å². The molecule has 0 aliphatic rings. The molecular formula is C21H30BrFN4O3. The maximum absolute atomic E-state index is 12.4. The predicted molar refractivity (Wildman–Crippen MR) is 119 cm³/mol. The number of carbonyl (C=O) groups excluding carboxylic acids is 2. The van der Waals surface area contributed by atoms with Crippen molar-refractivity contribution in [3.05, 3.63) is 64.1 Å². The largest absolute Gasteiger partial charge is 0.444 e. The number of hydrazine groups is 1. The number of alkyl carbamates (subject to hydrolysis) is 1. The lowest BCUT2D eigenvalue weighted by Crippen LogP contribution is -2.48. The second-order valence-electron chi connectivity index (χ2n) is 7.29. The van der Waals surface area contributed by atoms with E-state index in [1.807, 2.05) is 23.6 Å². The van der Waals surface area contributed by atoms with Crippen molar-refractivity contribution in [3.63, 3.8) is 0 Å². The Labute approximate surface area is 185 Å². The maximum Gasteiger partial charge on any atom is 0.408 e. The molecule has 0 saturated heterocycles. The fourth-order valence-corrected chi connectivity index (χ4v) is 2.16. The molecule has 2 aromatic rings. The molecule has 30 heavy (non-hydrogen) atoms. The van der Waals surface area contributed by atoms with Crippen molar-refractivity contribution < 1.29 is 18.7 Å². The van der Waals surface area contributed by atoms with Crippen LogP contribution in [0.15, 0.2) is 47.2 Å². The standard InChI is InChI=1S/C8H17N3O3.C7H8.C6H5BrFN/c1-5(6(12)11-9)10-7(13)14-8(2,3)4;1-7-5-3-2-4-6-7;1-4-2-6(7)9-3-5(4)8/h5H,9H2,1-4H3,(H,10,13)(H,11,12);2-6H,1H3;2-3H,1H3. The molecule has 0 bridgehead atoms. The zero-order valence-electron chi connectivity index (χ0n) is 18.1. The van der Waals surface area contributed by atoms with Crippen LogP contribution >= 0.6 is 15.9 Å². The van der Waals surface area contributed by atoms with Gasteiger partial charge in [-0.05, 0) is 69.1 Å². The minimum atomic E-state index is -0.713. The first-order chi connectivity index (χ1) is 13.9. The van der Waals surface area contributed by atoms with Crippen LogP contribution in [0, 0.1) is 19.7 Å². The van der Waals surface area contributed by atoms with Crippen LogP contribution in [0.2, 0.25) is 0 Å². The quantitative estimate of drug-likeness (QED) is 0.256. The summed E-state index contributed by atoms with van der Waals surface area (Å²) in [6.07, 6.45) is 0.549. The molecule has 2 amide bonds. The van der Waals surface area contributed by atoms with E-state index in [-0.39, 0.29) is 5.82 Å². The Kier molecular flexibility index (Phi) is 12.5. The highest BCUT2D eigenvalue weighted by Crippen LogP contribution is 2.10. The summed E-state index contributed by atoms with van der Waals surface area (Å²) in [6.45, 7) is 10.5. The number of nitrogens with two attached hydrogens (primary N) is 1. The molecule has 7 nitrogen and oxygen atoms in total. The SMILES string of the molecule is CC(NC(=O)OC(C)(C)C)C(=O)NN.Cc1cc(Br)ncc1F.Cc1ccccc1. The molecule has 0 radical (unpaired) electrons. The molecule has 0 aliphatic carbocycles. The number of aromatic nitrogens is 1. The van der Waals surface area contributed by atoms with E-state index in [0.29, 0.717) is 10.2 Å². The van der Waals surface area contributed by atoms with E-state index in [9.17, 15) is 14.0 Å². The van der Waals surface area contributed by atoms with Gasteiger partial charge in [-0.3, -0.25) is 10.2 Å². The van der Waals surface area contributed by atoms with Crippen LogP contribution in [0.1, 0.15) is 38.8 Å². The van der Waals surface area contributed by atoms with Crippen LogP contribution < -0.4 is 16.6 Å². The van der Waals surface area contributed by atoms with Gasteiger partial charge in [-0.15, -0.1) is 0 Å². The van der Waals surface area contributed by atoms with Crippen LogP contribution in [0.5, 0.6) is 0 Å². The molecule has 0 spiro atoms. The molecule has 2 rings (SSSR count). The predicted octanol–water partition coefficient (Wildman–Crippen LogP) is 4.18. The Hall–Kier alpha value is -2.52. The molecular weight excluding hydrogens is 455 g/mol. The molecule has 0 aliphatic heterocycles. The fourth-order valence-electron chi connectivity index (χ4n) is 1.71. The minimum Gasteiger partial charge on any atom is -0.444 e. The third-order valence-corrected chi connectivity index (χ3v) is 3.66. The smallest absolute Gasteiger partial charge is 0.408 e.